The van der Waals surface area contributed by atoms with Gasteiger partial charge in [-0.15, -0.1) is 0 Å². The molecule has 1 atom stereocenters. The first kappa shape index (κ1) is 20.2. The van der Waals surface area contributed by atoms with Crippen LogP contribution in [0.15, 0.2) is 48.9 Å². The van der Waals surface area contributed by atoms with E-state index in [0.717, 1.165) is 35.7 Å². The quantitative estimate of drug-likeness (QED) is 0.447. The highest BCUT2D eigenvalue weighted by Gasteiger charge is 2.27. The largest absolute Gasteiger partial charge is 0.334 e. The highest BCUT2D eigenvalue weighted by molar-refractivity contribution is 6.00. The van der Waals surface area contributed by atoms with E-state index in [0.29, 0.717) is 29.9 Å². The molecular formula is C24H23FN6O. The fraction of sp³-hybridized carbons (Fsp3) is 0.292. The van der Waals surface area contributed by atoms with Crippen molar-refractivity contribution in [1.82, 2.24) is 29.3 Å². The summed E-state index contributed by atoms with van der Waals surface area (Å²) >= 11 is 0. The second-order valence-electron chi connectivity index (χ2n) is 8.28. The molecule has 0 amide bonds. The van der Waals surface area contributed by atoms with E-state index < -0.39 is 0 Å². The van der Waals surface area contributed by atoms with E-state index in [-0.39, 0.29) is 17.5 Å². The summed E-state index contributed by atoms with van der Waals surface area (Å²) in [5.74, 6) is 1.38. The number of benzene rings is 1. The Hall–Kier alpha value is -3.68. The Morgan fingerprint density at radius 1 is 1.25 bits per heavy atom. The van der Waals surface area contributed by atoms with Gasteiger partial charge < -0.3 is 4.57 Å². The molecule has 0 fully saturated rings. The number of aryl methyl sites for hydroxylation is 3. The van der Waals surface area contributed by atoms with Gasteiger partial charge in [0.1, 0.15) is 17.3 Å². The third kappa shape index (κ3) is 3.84. The monoisotopic (exact) mass is 430 g/mol. The van der Waals surface area contributed by atoms with E-state index in [9.17, 15) is 9.18 Å². The maximum atomic E-state index is 13.6. The Morgan fingerprint density at radius 2 is 2.12 bits per heavy atom. The van der Waals surface area contributed by atoms with Crippen LogP contribution in [0.3, 0.4) is 0 Å². The molecule has 32 heavy (non-hydrogen) atoms. The van der Waals surface area contributed by atoms with Crippen molar-refractivity contribution in [3.05, 3.63) is 72.0 Å². The van der Waals surface area contributed by atoms with Crippen LogP contribution in [0.1, 0.15) is 34.8 Å². The molecule has 3 aromatic heterocycles. The normalized spacial score (nSPS) is 15.5. The van der Waals surface area contributed by atoms with Crippen LogP contribution in [0.2, 0.25) is 0 Å². The van der Waals surface area contributed by atoms with Gasteiger partial charge in [0.25, 0.3) is 0 Å². The number of ketones is 1. The maximum absolute atomic E-state index is 13.6. The molecule has 1 unspecified atom stereocenters. The van der Waals surface area contributed by atoms with E-state index in [1.165, 1.54) is 12.1 Å². The van der Waals surface area contributed by atoms with Crippen LogP contribution in [0.4, 0.5) is 4.39 Å². The minimum absolute atomic E-state index is 0.0282. The Morgan fingerprint density at radius 3 is 2.94 bits per heavy atom. The van der Waals surface area contributed by atoms with Crippen molar-refractivity contribution in [2.45, 2.75) is 32.7 Å². The molecule has 0 saturated heterocycles. The number of aromatic nitrogens is 6. The molecular weight excluding hydrogens is 407 g/mol. The molecule has 0 aliphatic carbocycles. The lowest BCUT2D eigenvalue weighted by Gasteiger charge is -2.22. The number of imidazole rings is 1. The summed E-state index contributed by atoms with van der Waals surface area (Å²) in [6, 6.07) is 8.29. The first-order valence-electron chi connectivity index (χ1n) is 10.6. The summed E-state index contributed by atoms with van der Waals surface area (Å²) < 4.78 is 17.3. The fourth-order valence-corrected chi connectivity index (χ4v) is 4.32. The minimum Gasteiger partial charge on any atom is -0.334 e. The molecule has 1 aromatic carbocycles. The van der Waals surface area contributed by atoms with Gasteiger partial charge >= 0.3 is 0 Å². The van der Waals surface area contributed by atoms with Crippen molar-refractivity contribution in [3.63, 3.8) is 0 Å². The second-order valence-corrected chi connectivity index (χ2v) is 8.28. The summed E-state index contributed by atoms with van der Waals surface area (Å²) in [7, 11) is 1.77. The second kappa shape index (κ2) is 8.11. The third-order valence-corrected chi connectivity index (χ3v) is 5.94. The van der Waals surface area contributed by atoms with Crippen molar-refractivity contribution >= 4 is 5.78 Å². The molecule has 0 saturated carbocycles. The standard InChI is InChI=1S/C24H23FN6O/c1-15-6-8-26-24(28-15)19-13-27-30(2)23(19)21(32)10-16-7-9-31-14-20(29-22(31)11-16)17-4-3-5-18(25)12-17/h3-6,8,12-14,16H,7,9-11H2,1-2H3. The Kier molecular flexibility index (Phi) is 5.13. The van der Waals surface area contributed by atoms with Gasteiger partial charge in [-0.3, -0.25) is 9.48 Å². The average molecular weight is 430 g/mol. The van der Waals surface area contributed by atoms with Gasteiger partial charge in [-0.2, -0.15) is 5.10 Å². The SMILES string of the molecule is Cc1ccnc(-c2cnn(C)c2C(=O)CC2CCn3cc(-c4cccc(F)c4)nc3C2)n1. The summed E-state index contributed by atoms with van der Waals surface area (Å²) in [6.07, 6.45) is 7.30. The number of fused-ring (bicyclic) bond motifs is 1. The summed E-state index contributed by atoms with van der Waals surface area (Å²) in [5, 5.41) is 4.29. The average Bonchev–Trinajstić information content (AvgIpc) is 3.37. The van der Waals surface area contributed by atoms with Gasteiger partial charge in [-0.25, -0.2) is 19.3 Å². The number of halogens is 1. The summed E-state index contributed by atoms with van der Waals surface area (Å²) in [4.78, 5) is 26.8. The van der Waals surface area contributed by atoms with Crippen molar-refractivity contribution < 1.29 is 9.18 Å². The number of carbonyl (C=O) groups excluding carboxylic acids is 1. The maximum Gasteiger partial charge on any atom is 0.181 e. The molecule has 162 valence electrons. The predicted molar refractivity (Wildman–Crippen MR) is 117 cm³/mol. The van der Waals surface area contributed by atoms with Gasteiger partial charge in [0.15, 0.2) is 11.6 Å². The summed E-state index contributed by atoms with van der Waals surface area (Å²) in [5.41, 5.74) is 3.55. The van der Waals surface area contributed by atoms with Crippen LogP contribution < -0.4 is 0 Å². The first-order valence-corrected chi connectivity index (χ1v) is 10.6. The molecule has 8 heteroatoms. The van der Waals surface area contributed by atoms with E-state index in [1.807, 2.05) is 25.3 Å². The third-order valence-electron chi connectivity index (χ3n) is 5.94. The van der Waals surface area contributed by atoms with Crippen molar-refractivity contribution in [1.29, 1.82) is 0 Å². The van der Waals surface area contributed by atoms with E-state index in [4.69, 9.17) is 4.98 Å². The highest BCUT2D eigenvalue weighted by atomic mass is 19.1. The first-order chi connectivity index (χ1) is 15.5. The van der Waals surface area contributed by atoms with Gasteiger partial charge in [-0.05, 0) is 37.5 Å². The number of hydrogen-bond donors (Lipinski definition) is 0. The number of Topliss-reactive ketones (excluding diaryl/α,β-unsaturated/α-hetero) is 1. The van der Waals surface area contributed by atoms with Crippen LogP contribution in [0.5, 0.6) is 0 Å². The van der Waals surface area contributed by atoms with Crippen LogP contribution >= 0.6 is 0 Å². The lowest BCUT2D eigenvalue weighted by molar-refractivity contribution is 0.0945. The molecule has 4 aromatic rings. The Labute approximate surface area is 185 Å². The molecule has 4 heterocycles. The lowest BCUT2D eigenvalue weighted by Crippen LogP contribution is -2.22. The van der Waals surface area contributed by atoms with Crippen LogP contribution in [0, 0.1) is 18.7 Å². The van der Waals surface area contributed by atoms with Crippen molar-refractivity contribution in [2.75, 3.05) is 0 Å². The number of hydrogen-bond acceptors (Lipinski definition) is 5. The zero-order chi connectivity index (χ0) is 22.2. The molecule has 0 radical (unpaired) electrons. The lowest BCUT2D eigenvalue weighted by atomic mass is 9.91. The van der Waals surface area contributed by atoms with Crippen LogP contribution in [-0.2, 0) is 20.0 Å². The fourth-order valence-electron chi connectivity index (χ4n) is 4.32. The molecule has 0 bridgehead atoms. The van der Waals surface area contributed by atoms with Crippen molar-refractivity contribution in [3.8, 4) is 22.6 Å². The van der Waals surface area contributed by atoms with Crippen LogP contribution in [0.25, 0.3) is 22.6 Å². The van der Waals surface area contributed by atoms with Gasteiger partial charge in [0, 0.05) is 50.1 Å². The van der Waals surface area contributed by atoms with E-state index >= 15 is 0 Å². The topological polar surface area (TPSA) is 78.5 Å². The highest BCUT2D eigenvalue weighted by Crippen LogP contribution is 2.29. The predicted octanol–water partition coefficient (Wildman–Crippen LogP) is 4.02. The summed E-state index contributed by atoms with van der Waals surface area (Å²) in [6.45, 7) is 2.68. The molecule has 5 rings (SSSR count). The van der Waals surface area contributed by atoms with Crippen molar-refractivity contribution in [2.24, 2.45) is 13.0 Å². The molecule has 1 aliphatic heterocycles. The molecule has 0 spiro atoms. The molecule has 7 nitrogen and oxygen atoms in total. The van der Waals surface area contributed by atoms with Crippen LogP contribution in [-0.4, -0.2) is 35.1 Å². The number of nitrogens with zero attached hydrogens (tertiary/aromatic N) is 6. The van der Waals surface area contributed by atoms with Gasteiger partial charge in [0.2, 0.25) is 0 Å². The van der Waals surface area contributed by atoms with E-state index in [1.54, 1.807) is 30.2 Å². The number of rotatable bonds is 5. The Bertz CT molecular complexity index is 1310. The van der Waals surface area contributed by atoms with Gasteiger partial charge in [0.05, 0.1) is 17.5 Å². The molecule has 0 N–H and O–H groups in total. The zero-order valence-electron chi connectivity index (χ0n) is 18.0. The van der Waals surface area contributed by atoms with E-state index in [2.05, 4.69) is 19.6 Å². The minimum atomic E-state index is -0.276. The van der Waals surface area contributed by atoms with Gasteiger partial charge in [-0.1, -0.05) is 12.1 Å². The molecule has 1 aliphatic rings. The Balaban J connectivity index is 1.35. The smallest absolute Gasteiger partial charge is 0.181 e. The zero-order valence-corrected chi connectivity index (χ0v) is 18.0. The number of carbonyl (C=O) groups is 1.